The number of sulfonamides is 1. The van der Waals surface area contributed by atoms with Crippen LogP contribution in [0.5, 0.6) is 0 Å². The molecule has 0 spiro atoms. The van der Waals surface area contributed by atoms with Gasteiger partial charge in [-0.25, -0.2) is 13.4 Å². The van der Waals surface area contributed by atoms with Crippen LogP contribution in [0.25, 0.3) is 0 Å². The molecule has 1 aliphatic heterocycles. The van der Waals surface area contributed by atoms with Crippen molar-refractivity contribution in [2.75, 3.05) is 24.5 Å². The van der Waals surface area contributed by atoms with E-state index in [0.29, 0.717) is 16.9 Å². The lowest BCUT2D eigenvalue weighted by Gasteiger charge is -2.41. The van der Waals surface area contributed by atoms with Crippen LogP contribution < -0.4 is 4.90 Å². The molecule has 3 unspecified atom stereocenters. The van der Waals surface area contributed by atoms with Gasteiger partial charge in [0, 0.05) is 31.9 Å². The summed E-state index contributed by atoms with van der Waals surface area (Å²) in [5.74, 6) is -1.90. The Balaban J connectivity index is 1.56. The number of aliphatic carboxylic acids is 1. The van der Waals surface area contributed by atoms with Gasteiger partial charge in [0.15, 0.2) is 0 Å². The summed E-state index contributed by atoms with van der Waals surface area (Å²) in [4.78, 5) is 17.5. The molecule has 1 aliphatic carbocycles. The number of fused-ring (bicyclic) bond motifs is 1. The molecule has 0 radical (unpaired) electrons. The second-order valence-electron chi connectivity index (χ2n) is 8.12. The van der Waals surface area contributed by atoms with Gasteiger partial charge in [-0.15, -0.1) is 0 Å². The zero-order chi connectivity index (χ0) is 23.3. The molecule has 32 heavy (non-hydrogen) atoms. The van der Waals surface area contributed by atoms with E-state index in [-0.39, 0.29) is 26.1 Å². The maximum absolute atomic E-state index is 13.6. The summed E-state index contributed by atoms with van der Waals surface area (Å²) in [7, 11) is -3.99. The lowest BCUT2D eigenvalue weighted by atomic mass is 10.1. The first-order chi connectivity index (χ1) is 15.0. The first-order valence-electron chi connectivity index (χ1n) is 10.1. The average Bonchev–Trinajstić information content (AvgIpc) is 3.14. The number of halogens is 3. The molecular weight excluding hydrogens is 447 g/mol. The fourth-order valence-electron chi connectivity index (χ4n) is 4.56. The van der Waals surface area contributed by atoms with Gasteiger partial charge in [-0.1, -0.05) is 24.3 Å². The highest BCUT2D eigenvalue weighted by Gasteiger charge is 2.49. The average molecular weight is 469 g/mol. The summed E-state index contributed by atoms with van der Waals surface area (Å²) in [6, 6.07) is 8.57. The second-order valence-corrected chi connectivity index (χ2v) is 10.1. The number of benzene rings is 1. The highest BCUT2D eigenvalue weighted by molar-refractivity contribution is 7.89. The number of alkyl halides is 3. The Morgan fingerprint density at radius 2 is 1.88 bits per heavy atom. The van der Waals surface area contributed by atoms with Crippen molar-refractivity contribution in [3.8, 4) is 0 Å². The van der Waals surface area contributed by atoms with Gasteiger partial charge < -0.3 is 10.0 Å². The number of carbonyl (C=O) groups is 1. The molecule has 172 valence electrons. The van der Waals surface area contributed by atoms with Gasteiger partial charge in [-0.05, 0) is 36.6 Å². The monoisotopic (exact) mass is 469 g/mol. The van der Waals surface area contributed by atoms with Crippen LogP contribution in [-0.4, -0.2) is 54.5 Å². The zero-order valence-electron chi connectivity index (χ0n) is 17.2. The minimum atomic E-state index is -4.48. The van der Waals surface area contributed by atoms with Gasteiger partial charge in [0.2, 0.25) is 10.0 Å². The Morgan fingerprint density at radius 1 is 1.16 bits per heavy atom. The minimum Gasteiger partial charge on any atom is -0.481 e. The summed E-state index contributed by atoms with van der Waals surface area (Å²) in [5, 5.41) is 8.50. The Labute approximate surface area is 183 Å². The molecule has 1 fully saturated rings. The van der Waals surface area contributed by atoms with Crippen molar-refractivity contribution in [3.63, 3.8) is 0 Å². The largest absolute Gasteiger partial charge is 0.481 e. The lowest BCUT2D eigenvalue weighted by Crippen LogP contribution is -2.55. The molecule has 3 atom stereocenters. The SMILES string of the molecule is CC1CN(c2ccc(C(F)(F)F)cn2)CCN1S(=O)(=O)C1c2ccccc2CC1C(=O)O. The quantitative estimate of drug-likeness (QED) is 0.741. The highest BCUT2D eigenvalue weighted by Crippen LogP contribution is 2.44. The van der Waals surface area contributed by atoms with Crippen molar-refractivity contribution in [2.45, 2.75) is 30.8 Å². The van der Waals surface area contributed by atoms with Crippen LogP contribution in [0.15, 0.2) is 42.6 Å². The van der Waals surface area contributed by atoms with E-state index in [2.05, 4.69) is 4.98 Å². The van der Waals surface area contributed by atoms with Crippen LogP contribution in [0.1, 0.15) is 28.9 Å². The molecule has 1 aromatic heterocycles. The van der Waals surface area contributed by atoms with E-state index in [0.717, 1.165) is 12.3 Å². The van der Waals surface area contributed by atoms with Crippen LogP contribution in [0, 0.1) is 5.92 Å². The number of aromatic nitrogens is 1. The van der Waals surface area contributed by atoms with E-state index < -0.39 is 44.9 Å². The Hall–Kier alpha value is -2.66. The van der Waals surface area contributed by atoms with E-state index in [1.807, 2.05) is 0 Å². The molecule has 4 rings (SSSR count). The van der Waals surface area contributed by atoms with Crippen molar-refractivity contribution < 1.29 is 31.5 Å². The predicted octanol–water partition coefficient (Wildman–Crippen LogP) is 2.94. The first kappa shape index (κ1) is 22.5. The molecule has 2 aliphatic rings. The van der Waals surface area contributed by atoms with E-state index >= 15 is 0 Å². The lowest BCUT2D eigenvalue weighted by molar-refractivity contribution is -0.141. The van der Waals surface area contributed by atoms with Crippen LogP contribution in [0.2, 0.25) is 0 Å². The molecule has 11 heteroatoms. The Bertz CT molecular complexity index is 1120. The Morgan fingerprint density at radius 3 is 2.47 bits per heavy atom. The van der Waals surface area contributed by atoms with Gasteiger partial charge in [-0.2, -0.15) is 17.5 Å². The molecule has 7 nitrogen and oxygen atoms in total. The van der Waals surface area contributed by atoms with Gasteiger partial charge in [-0.3, -0.25) is 4.79 Å². The number of piperazine rings is 1. The fraction of sp³-hybridized carbons (Fsp3) is 0.429. The number of pyridine rings is 1. The first-order valence-corrected chi connectivity index (χ1v) is 11.6. The normalized spacial score (nSPS) is 24.4. The number of hydrogen-bond acceptors (Lipinski definition) is 5. The third kappa shape index (κ3) is 3.95. The number of carboxylic acids is 1. The van der Waals surface area contributed by atoms with E-state index in [1.165, 1.54) is 10.4 Å². The summed E-state index contributed by atoms with van der Waals surface area (Å²) in [6.45, 7) is 2.24. The van der Waals surface area contributed by atoms with E-state index in [9.17, 15) is 31.5 Å². The van der Waals surface area contributed by atoms with Crippen LogP contribution >= 0.6 is 0 Å². The van der Waals surface area contributed by atoms with Crippen molar-refractivity contribution in [1.82, 2.24) is 9.29 Å². The van der Waals surface area contributed by atoms with Crippen molar-refractivity contribution in [2.24, 2.45) is 5.92 Å². The number of anilines is 1. The number of hydrogen-bond donors (Lipinski definition) is 1. The summed E-state index contributed by atoms with van der Waals surface area (Å²) in [5.41, 5.74) is 0.378. The number of nitrogens with zero attached hydrogens (tertiary/aromatic N) is 3. The third-order valence-electron chi connectivity index (χ3n) is 6.10. The fourth-order valence-corrected chi connectivity index (χ4v) is 6.93. The topological polar surface area (TPSA) is 90.8 Å². The standard InChI is InChI=1S/C21H22F3N3O4S/c1-13-12-26(18-7-6-15(11-25-18)21(22,23)24)8-9-27(13)32(30,31)19-16-5-3-2-4-14(16)10-17(19)20(28)29/h2-7,11,13,17,19H,8-10,12H2,1H3,(H,28,29). The highest BCUT2D eigenvalue weighted by atomic mass is 32.2. The van der Waals surface area contributed by atoms with Crippen molar-refractivity contribution >= 4 is 21.8 Å². The van der Waals surface area contributed by atoms with Crippen molar-refractivity contribution in [3.05, 3.63) is 59.3 Å². The smallest absolute Gasteiger partial charge is 0.417 e. The number of carboxylic acid groups (broad SMARTS) is 1. The maximum atomic E-state index is 13.6. The van der Waals surface area contributed by atoms with Gasteiger partial charge in [0.25, 0.3) is 0 Å². The zero-order valence-corrected chi connectivity index (χ0v) is 18.0. The summed E-state index contributed by atoms with van der Waals surface area (Å²) in [6.07, 6.45) is -3.57. The van der Waals surface area contributed by atoms with E-state index in [4.69, 9.17) is 0 Å². The van der Waals surface area contributed by atoms with Crippen molar-refractivity contribution in [1.29, 1.82) is 0 Å². The molecule has 1 N–H and O–H groups in total. The van der Waals surface area contributed by atoms with Gasteiger partial charge >= 0.3 is 12.1 Å². The summed E-state index contributed by atoms with van der Waals surface area (Å²) < 4.78 is 66.8. The predicted molar refractivity (Wildman–Crippen MR) is 111 cm³/mol. The molecule has 2 aromatic rings. The molecule has 0 amide bonds. The molecule has 1 aromatic carbocycles. The van der Waals surface area contributed by atoms with Crippen LogP contribution in [-0.2, 0) is 27.4 Å². The molecular formula is C21H22F3N3O4S. The molecule has 0 saturated carbocycles. The minimum absolute atomic E-state index is 0.0806. The molecule has 2 heterocycles. The van der Waals surface area contributed by atoms with E-state index in [1.54, 1.807) is 36.1 Å². The summed E-state index contributed by atoms with van der Waals surface area (Å²) >= 11 is 0. The second kappa shape index (κ2) is 8.04. The third-order valence-corrected chi connectivity index (χ3v) is 8.52. The van der Waals surface area contributed by atoms with Gasteiger partial charge in [0.1, 0.15) is 11.1 Å². The van der Waals surface area contributed by atoms with Crippen LogP contribution in [0.3, 0.4) is 0 Å². The van der Waals surface area contributed by atoms with Gasteiger partial charge in [0.05, 0.1) is 11.5 Å². The maximum Gasteiger partial charge on any atom is 0.417 e. The number of rotatable bonds is 4. The molecule has 1 saturated heterocycles. The Kier molecular flexibility index (Phi) is 5.66. The molecule has 0 bridgehead atoms. The van der Waals surface area contributed by atoms with Crippen LogP contribution in [0.4, 0.5) is 19.0 Å².